The number of thiophene rings is 1. The quantitative estimate of drug-likeness (QED) is 0.434. The van der Waals surface area contributed by atoms with Gasteiger partial charge in [-0.05, 0) is 73.5 Å². The minimum absolute atomic E-state index is 0.739. The van der Waals surface area contributed by atoms with Crippen molar-refractivity contribution in [3.63, 3.8) is 0 Å². The number of unbranched alkanes of at least 4 members (excludes halogenated alkanes) is 1. The molecule has 0 aliphatic rings. The molecule has 0 radical (unpaired) electrons. The summed E-state index contributed by atoms with van der Waals surface area (Å²) < 4.78 is 6.84. The Kier molecular flexibility index (Phi) is 4.70. The fraction of sp³-hybridized carbons (Fsp3) is 0.273. The molecule has 2 aromatic carbocycles. The van der Waals surface area contributed by atoms with Crippen LogP contribution in [0.4, 0.5) is 0 Å². The zero-order valence-corrected chi connectivity index (χ0v) is 16.1. The number of H-pyrrole nitrogens is 1. The molecule has 0 saturated heterocycles. The fourth-order valence-corrected chi connectivity index (χ4v) is 4.72. The molecular weight excluding hydrogens is 340 g/mol. The molecule has 4 heteroatoms. The molecule has 0 spiro atoms. The molecule has 0 aliphatic heterocycles. The van der Waals surface area contributed by atoms with Crippen molar-refractivity contribution in [2.75, 3.05) is 13.7 Å². The summed E-state index contributed by atoms with van der Waals surface area (Å²) in [7, 11) is 1.73. The summed E-state index contributed by atoms with van der Waals surface area (Å²) in [6, 6.07) is 15.1. The first-order chi connectivity index (χ1) is 12.7. The third-order valence-electron chi connectivity index (χ3n) is 4.97. The molecule has 0 bridgehead atoms. The average molecular weight is 365 g/mol. The predicted molar refractivity (Wildman–Crippen MR) is 112 cm³/mol. The van der Waals surface area contributed by atoms with Crippen LogP contribution in [0.3, 0.4) is 0 Å². The first kappa shape index (κ1) is 17.1. The van der Waals surface area contributed by atoms with Gasteiger partial charge in [-0.2, -0.15) is 0 Å². The minimum atomic E-state index is 0.739. The number of nitrogens with two attached hydrogens (primary N) is 1. The minimum Gasteiger partial charge on any atom is -0.497 e. The maximum absolute atomic E-state index is 5.72. The van der Waals surface area contributed by atoms with Crippen molar-refractivity contribution in [1.29, 1.82) is 0 Å². The number of fused-ring (bicyclic) bond motifs is 2. The van der Waals surface area contributed by atoms with Crippen LogP contribution in [-0.4, -0.2) is 18.6 Å². The number of hydrogen-bond donors (Lipinski definition) is 2. The second kappa shape index (κ2) is 7.14. The SMILES string of the molecule is COc1cc(C)c2[nH]c(-c3cc4ccccc4s3)c(CCCCN)c2c1. The zero-order chi connectivity index (χ0) is 18.1. The van der Waals surface area contributed by atoms with Gasteiger partial charge in [-0.3, -0.25) is 0 Å². The number of aryl methyl sites for hydroxylation is 2. The van der Waals surface area contributed by atoms with Crippen LogP contribution in [0.25, 0.3) is 31.6 Å². The van der Waals surface area contributed by atoms with E-state index in [9.17, 15) is 0 Å². The lowest BCUT2D eigenvalue weighted by molar-refractivity contribution is 0.415. The Bertz CT molecular complexity index is 1030. The Hall–Kier alpha value is -2.30. The normalized spacial score (nSPS) is 11.5. The van der Waals surface area contributed by atoms with Crippen LogP contribution in [0.15, 0.2) is 42.5 Å². The fourth-order valence-electron chi connectivity index (χ4n) is 3.63. The van der Waals surface area contributed by atoms with Crippen LogP contribution < -0.4 is 10.5 Å². The van der Waals surface area contributed by atoms with Crippen LogP contribution in [-0.2, 0) is 6.42 Å². The van der Waals surface area contributed by atoms with Crippen LogP contribution in [0.2, 0.25) is 0 Å². The molecule has 4 aromatic rings. The molecule has 2 heterocycles. The Labute approximate surface area is 157 Å². The maximum atomic E-state index is 5.72. The molecule has 0 fully saturated rings. The summed E-state index contributed by atoms with van der Waals surface area (Å²) >= 11 is 1.85. The molecular formula is C22H24N2OS. The van der Waals surface area contributed by atoms with Crippen molar-refractivity contribution >= 4 is 32.3 Å². The number of nitrogens with one attached hydrogen (secondary N) is 1. The monoisotopic (exact) mass is 364 g/mol. The van der Waals surface area contributed by atoms with Crippen LogP contribution in [0, 0.1) is 6.92 Å². The van der Waals surface area contributed by atoms with Crippen LogP contribution >= 0.6 is 11.3 Å². The van der Waals surface area contributed by atoms with Crippen molar-refractivity contribution in [1.82, 2.24) is 4.98 Å². The first-order valence-electron chi connectivity index (χ1n) is 9.09. The van der Waals surface area contributed by atoms with Gasteiger partial charge in [0, 0.05) is 15.6 Å². The van der Waals surface area contributed by atoms with E-state index in [2.05, 4.69) is 54.4 Å². The van der Waals surface area contributed by atoms with Crippen LogP contribution in [0.5, 0.6) is 5.75 Å². The summed E-state index contributed by atoms with van der Waals surface area (Å²) in [6.45, 7) is 2.88. The lowest BCUT2D eigenvalue weighted by Crippen LogP contribution is -1.99. The van der Waals surface area contributed by atoms with Gasteiger partial charge in [-0.15, -0.1) is 11.3 Å². The van der Waals surface area contributed by atoms with Crippen molar-refractivity contribution in [3.8, 4) is 16.3 Å². The molecule has 3 N–H and O–H groups in total. The molecule has 26 heavy (non-hydrogen) atoms. The maximum Gasteiger partial charge on any atom is 0.119 e. The van der Waals surface area contributed by atoms with Gasteiger partial charge in [0.1, 0.15) is 5.75 Å². The molecule has 3 nitrogen and oxygen atoms in total. The summed E-state index contributed by atoms with van der Waals surface area (Å²) in [5, 5.41) is 2.57. The largest absolute Gasteiger partial charge is 0.497 e. The molecule has 0 amide bonds. The summed E-state index contributed by atoms with van der Waals surface area (Å²) in [4.78, 5) is 5.01. The van der Waals surface area contributed by atoms with Gasteiger partial charge in [-0.1, -0.05) is 18.2 Å². The number of hydrogen-bond acceptors (Lipinski definition) is 3. The standard InChI is InChI=1S/C22H24N2OS/c1-14-11-16(25-2)13-18-17(8-5-6-10-23)22(24-21(14)18)20-12-15-7-3-4-9-19(15)26-20/h3-4,7,9,11-13,24H,5-6,8,10,23H2,1-2H3. The van der Waals surface area contributed by atoms with Gasteiger partial charge in [0.05, 0.1) is 17.7 Å². The van der Waals surface area contributed by atoms with Gasteiger partial charge >= 0.3 is 0 Å². The van der Waals surface area contributed by atoms with Gasteiger partial charge in [-0.25, -0.2) is 0 Å². The Morgan fingerprint density at radius 2 is 1.96 bits per heavy atom. The van der Waals surface area contributed by atoms with Gasteiger partial charge in [0.2, 0.25) is 0 Å². The zero-order valence-electron chi connectivity index (χ0n) is 15.3. The first-order valence-corrected chi connectivity index (χ1v) is 9.91. The Morgan fingerprint density at radius 3 is 2.73 bits per heavy atom. The molecule has 0 atom stereocenters. The third kappa shape index (κ3) is 3.00. The average Bonchev–Trinajstić information content (AvgIpc) is 3.23. The van der Waals surface area contributed by atoms with E-state index in [1.807, 2.05) is 11.3 Å². The number of aromatic nitrogens is 1. The van der Waals surface area contributed by atoms with Crippen LogP contribution in [0.1, 0.15) is 24.0 Å². The van der Waals surface area contributed by atoms with E-state index in [4.69, 9.17) is 10.5 Å². The molecule has 0 aliphatic carbocycles. The van der Waals surface area contributed by atoms with Crippen molar-refractivity contribution in [2.24, 2.45) is 5.73 Å². The topological polar surface area (TPSA) is 51.0 Å². The molecule has 134 valence electrons. The highest BCUT2D eigenvalue weighted by Gasteiger charge is 2.17. The summed E-state index contributed by atoms with van der Waals surface area (Å²) in [5.74, 6) is 0.914. The van der Waals surface area contributed by atoms with Crippen molar-refractivity contribution in [2.45, 2.75) is 26.2 Å². The lowest BCUT2D eigenvalue weighted by Gasteiger charge is -2.05. The lowest BCUT2D eigenvalue weighted by atomic mass is 10.0. The number of benzene rings is 2. The van der Waals surface area contributed by atoms with Gasteiger partial charge in [0.25, 0.3) is 0 Å². The second-order valence-electron chi connectivity index (χ2n) is 6.74. The van der Waals surface area contributed by atoms with Gasteiger partial charge in [0.15, 0.2) is 0 Å². The highest BCUT2D eigenvalue weighted by Crippen LogP contribution is 2.40. The van der Waals surface area contributed by atoms with E-state index in [1.165, 1.54) is 42.7 Å². The smallest absolute Gasteiger partial charge is 0.119 e. The Morgan fingerprint density at radius 1 is 1.12 bits per heavy atom. The number of rotatable bonds is 6. The van der Waals surface area contributed by atoms with E-state index < -0.39 is 0 Å². The number of aromatic amines is 1. The van der Waals surface area contributed by atoms with E-state index >= 15 is 0 Å². The van der Waals surface area contributed by atoms with E-state index in [0.29, 0.717) is 0 Å². The van der Waals surface area contributed by atoms with E-state index in [-0.39, 0.29) is 0 Å². The summed E-state index contributed by atoms with van der Waals surface area (Å²) in [6.07, 6.45) is 3.16. The third-order valence-corrected chi connectivity index (χ3v) is 6.11. The number of methoxy groups -OCH3 is 1. The number of ether oxygens (including phenoxy) is 1. The Balaban J connectivity index is 1.91. The van der Waals surface area contributed by atoms with Crippen molar-refractivity contribution < 1.29 is 4.74 Å². The van der Waals surface area contributed by atoms with E-state index in [1.54, 1.807) is 7.11 Å². The second-order valence-corrected chi connectivity index (χ2v) is 7.82. The van der Waals surface area contributed by atoms with Crippen molar-refractivity contribution in [3.05, 3.63) is 53.6 Å². The summed E-state index contributed by atoms with van der Waals surface area (Å²) in [5.41, 5.74) is 10.8. The molecule has 4 rings (SSSR count). The molecule has 0 unspecified atom stereocenters. The van der Waals surface area contributed by atoms with E-state index in [0.717, 1.165) is 31.6 Å². The highest BCUT2D eigenvalue weighted by molar-refractivity contribution is 7.22. The molecule has 0 saturated carbocycles. The highest BCUT2D eigenvalue weighted by atomic mass is 32.1. The molecule has 2 aromatic heterocycles. The van der Waals surface area contributed by atoms with Gasteiger partial charge < -0.3 is 15.5 Å². The predicted octanol–water partition coefficient (Wildman–Crippen LogP) is 5.65.